The molecule has 0 radical (unpaired) electrons. The second-order valence-corrected chi connectivity index (χ2v) is 3.69. The highest BCUT2D eigenvalue weighted by Gasteiger charge is 2.17. The molecule has 0 bridgehead atoms. The first-order chi connectivity index (χ1) is 7.22. The van der Waals surface area contributed by atoms with Crippen molar-refractivity contribution in [1.82, 2.24) is 9.97 Å². The monoisotopic (exact) mass is 221 g/mol. The van der Waals surface area contributed by atoms with E-state index < -0.39 is 0 Å². The smallest absolute Gasteiger partial charge is 0.262 e. The standard InChI is InChI=1S/C9H7N3O2S/c13-8-3-14-7-2-5-4(1-6(7)10-8)11-9(15)12-5/h1-2H,3H2,(H,10,13)(H2,11,12,15). The SMILES string of the molecule is O=C1COc2cc3nc(S)[nH]c3cc2N1. The molecule has 0 aliphatic carbocycles. The van der Waals surface area contributed by atoms with Crippen LogP contribution in [0.1, 0.15) is 0 Å². The van der Waals surface area contributed by atoms with Crippen LogP contribution in [0.5, 0.6) is 5.75 Å². The molecule has 0 atom stereocenters. The van der Waals surface area contributed by atoms with Crippen LogP contribution < -0.4 is 10.1 Å². The summed E-state index contributed by atoms with van der Waals surface area (Å²) < 4.78 is 5.26. The fourth-order valence-corrected chi connectivity index (χ4v) is 1.80. The second-order valence-electron chi connectivity index (χ2n) is 3.26. The zero-order valence-electron chi connectivity index (χ0n) is 7.57. The molecule has 15 heavy (non-hydrogen) atoms. The van der Waals surface area contributed by atoms with E-state index in [1.807, 2.05) is 0 Å². The van der Waals surface area contributed by atoms with Crippen molar-refractivity contribution in [1.29, 1.82) is 0 Å². The first-order valence-corrected chi connectivity index (χ1v) is 4.82. The molecule has 1 aliphatic rings. The summed E-state index contributed by atoms with van der Waals surface area (Å²) in [5, 5.41) is 3.27. The normalized spacial score (nSPS) is 14.6. The molecule has 2 aromatic rings. The van der Waals surface area contributed by atoms with Gasteiger partial charge in [-0.25, -0.2) is 4.98 Å². The van der Waals surface area contributed by atoms with Crippen LogP contribution in [0.25, 0.3) is 11.0 Å². The minimum atomic E-state index is -0.146. The van der Waals surface area contributed by atoms with Crippen LogP contribution in [0.2, 0.25) is 0 Å². The van der Waals surface area contributed by atoms with Gasteiger partial charge in [-0.3, -0.25) is 4.79 Å². The number of nitrogens with zero attached hydrogens (tertiary/aromatic N) is 1. The molecule has 0 fully saturated rings. The summed E-state index contributed by atoms with van der Waals surface area (Å²) in [6.07, 6.45) is 0. The van der Waals surface area contributed by atoms with Crippen LogP contribution in [0.3, 0.4) is 0 Å². The van der Waals surface area contributed by atoms with E-state index in [4.69, 9.17) is 4.74 Å². The van der Waals surface area contributed by atoms with Gasteiger partial charge in [-0.15, -0.1) is 12.6 Å². The topological polar surface area (TPSA) is 67.0 Å². The number of anilines is 1. The number of H-pyrrole nitrogens is 1. The van der Waals surface area contributed by atoms with Gasteiger partial charge in [-0.1, -0.05) is 0 Å². The van der Waals surface area contributed by atoms with Crippen molar-refractivity contribution in [2.45, 2.75) is 5.16 Å². The third-order valence-electron chi connectivity index (χ3n) is 2.20. The van der Waals surface area contributed by atoms with Crippen molar-refractivity contribution in [2.75, 3.05) is 11.9 Å². The number of hydrogen-bond donors (Lipinski definition) is 3. The lowest BCUT2D eigenvalue weighted by atomic mass is 10.2. The van der Waals surface area contributed by atoms with E-state index >= 15 is 0 Å². The first-order valence-electron chi connectivity index (χ1n) is 4.38. The summed E-state index contributed by atoms with van der Waals surface area (Å²) in [6, 6.07) is 3.56. The largest absolute Gasteiger partial charge is 0.481 e. The van der Waals surface area contributed by atoms with Crippen LogP contribution >= 0.6 is 12.6 Å². The van der Waals surface area contributed by atoms with Gasteiger partial charge < -0.3 is 15.0 Å². The van der Waals surface area contributed by atoms with Crippen molar-refractivity contribution >= 4 is 35.3 Å². The van der Waals surface area contributed by atoms with Gasteiger partial charge in [-0.05, 0) is 6.07 Å². The number of ether oxygens (including phenoxy) is 1. The Labute approximate surface area is 90.2 Å². The molecule has 5 nitrogen and oxygen atoms in total. The third-order valence-corrected chi connectivity index (χ3v) is 2.42. The molecule has 6 heteroatoms. The zero-order valence-corrected chi connectivity index (χ0v) is 8.47. The van der Waals surface area contributed by atoms with Crippen molar-refractivity contribution in [3.63, 3.8) is 0 Å². The maximum atomic E-state index is 11.1. The number of aromatic amines is 1. The van der Waals surface area contributed by atoms with Gasteiger partial charge in [0, 0.05) is 6.07 Å². The minimum Gasteiger partial charge on any atom is -0.481 e. The molecule has 1 amide bonds. The highest BCUT2D eigenvalue weighted by atomic mass is 32.1. The predicted molar refractivity (Wildman–Crippen MR) is 57.5 cm³/mol. The number of nitrogens with one attached hydrogen (secondary N) is 2. The molecular formula is C9H7N3O2S. The predicted octanol–water partition coefficient (Wildman–Crippen LogP) is 1.18. The number of thiol groups is 1. The molecule has 0 unspecified atom stereocenters. The summed E-state index contributed by atoms with van der Waals surface area (Å²) in [4.78, 5) is 18.2. The molecule has 1 aromatic carbocycles. The van der Waals surface area contributed by atoms with Gasteiger partial charge in [0.25, 0.3) is 5.91 Å². The summed E-state index contributed by atoms with van der Waals surface area (Å²) in [5.74, 6) is 0.495. The number of hydrogen-bond acceptors (Lipinski definition) is 4. The number of fused-ring (bicyclic) bond motifs is 2. The highest BCUT2D eigenvalue weighted by molar-refractivity contribution is 7.80. The van der Waals surface area contributed by atoms with E-state index in [1.165, 1.54) is 0 Å². The number of rotatable bonds is 0. The molecule has 0 saturated heterocycles. The fourth-order valence-electron chi connectivity index (χ4n) is 1.57. The summed E-state index contributed by atoms with van der Waals surface area (Å²) >= 11 is 4.11. The molecule has 0 saturated carbocycles. The average Bonchev–Trinajstić information content (AvgIpc) is 2.53. The van der Waals surface area contributed by atoms with Crippen molar-refractivity contribution in [3.8, 4) is 5.75 Å². The number of carbonyl (C=O) groups excluding carboxylic acids is 1. The maximum Gasteiger partial charge on any atom is 0.262 e. The summed E-state index contributed by atoms with van der Waals surface area (Å²) in [5.41, 5.74) is 2.26. The Bertz CT molecular complexity index is 564. The minimum absolute atomic E-state index is 0.0522. The molecule has 76 valence electrons. The molecule has 1 aromatic heterocycles. The molecule has 1 aliphatic heterocycles. The Balaban J connectivity index is 2.23. The quantitative estimate of drug-likeness (QED) is 0.585. The Morgan fingerprint density at radius 1 is 1.47 bits per heavy atom. The van der Waals surface area contributed by atoms with E-state index in [9.17, 15) is 4.79 Å². The second kappa shape index (κ2) is 2.90. The Morgan fingerprint density at radius 2 is 2.33 bits per heavy atom. The van der Waals surface area contributed by atoms with Gasteiger partial charge in [0.05, 0.1) is 16.7 Å². The molecule has 3 rings (SSSR count). The van der Waals surface area contributed by atoms with Gasteiger partial charge in [-0.2, -0.15) is 0 Å². The zero-order chi connectivity index (χ0) is 10.4. The maximum absolute atomic E-state index is 11.1. The van der Waals surface area contributed by atoms with Crippen molar-refractivity contribution in [3.05, 3.63) is 12.1 Å². The Kier molecular flexibility index (Phi) is 1.66. The van der Waals surface area contributed by atoms with Crippen LogP contribution in [0, 0.1) is 0 Å². The van der Waals surface area contributed by atoms with Gasteiger partial charge in [0.1, 0.15) is 5.75 Å². The van der Waals surface area contributed by atoms with E-state index in [-0.39, 0.29) is 12.5 Å². The van der Waals surface area contributed by atoms with Gasteiger partial charge in [0.2, 0.25) is 0 Å². The van der Waals surface area contributed by atoms with E-state index in [1.54, 1.807) is 12.1 Å². The van der Waals surface area contributed by atoms with Gasteiger partial charge >= 0.3 is 0 Å². The summed E-state index contributed by atoms with van der Waals surface area (Å²) in [7, 11) is 0. The van der Waals surface area contributed by atoms with E-state index in [2.05, 4.69) is 27.9 Å². The molecule has 2 heterocycles. The fraction of sp³-hybridized carbons (Fsp3) is 0.111. The average molecular weight is 221 g/mol. The molecule has 2 N–H and O–H groups in total. The van der Waals surface area contributed by atoms with Crippen LogP contribution in [-0.2, 0) is 4.79 Å². The van der Waals surface area contributed by atoms with Crippen LogP contribution in [0.15, 0.2) is 17.3 Å². The van der Waals surface area contributed by atoms with Gasteiger partial charge in [0.15, 0.2) is 11.8 Å². The number of aromatic nitrogens is 2. The van der Waals surface area contributed by atoms with E-state index in [0.29, 0.717) is 16.6 Å². The lowest BCUT2D eigenvalue weighted by Gasteiger charge is -2.17. The lowest BCUT2D eigenvalue weighted by molar-refractivity contribution is -0.118. The van der Waals surface area contributed by atoms with E-state index in [0.717, 1.165) is 11.0 Å². The van der Waals surface area contributed by atoms with Crippen molar-refractivity contribution in [2.24, 2.45) is 0 Å². The Hall–Kier alpha value is -1.69. The number of amides is 1. The lowest BCUT2D eigenvalue weighted by Crippen LogP contribution is -2.25. The highest BCUT2D eigenvalue weighted by Crippen LogP contribution is 2.31. The van der Waals surface area contributed by atoms with Crippen LogP contribution in [-0.4, -0.2) is 22.5 Å². The number of carbonyl (C=O) groups is 1. The summed E-state index contributed by atoms with van der Waals surface area (Å²) in [6.45, 7) is 0.0522. The Morgan fingerprint density at radius 3 is 3.20 bits per heavy atom. The van der Waals surface area contributed by atoms with Crippen molar-refractivity contribution < 1.29 is 9.53 Å². The molecule has 0 spiro atoms. The number of imidazole rings is 1. The third kappa shape index (κ3) is 1.33. The first kappa shape index (κ1) is 8.60. The molecular weight excluding hydrogens is 214 g/mol. The number of benzene rings is 1. The van der Waals surface area contributed by atoms with Crippen LogP contribution in [0.4, 0.5) is 5.69 Å².